The zero-order chi connectivity index (χ0) is 15.5. The van der Waals surface area contributed by atoms with Gasteiger partial charge in [-0.2, -0.15) is 0 Å². The second-order valence-electron chi connectivity index (χ2n) is 5.17. The number of amides is 1. The van der Waals surface area contributed by atoms with Gasteiger partial charge in [-0.3, -0.25) is 4.79 Å². The Kier molecular flexibility index (Phi) is 4.59. The monoisotopic (exact) mass is 337 g/mol. The summed E-state index contributed by atoms with van der Waals surface area (Å²) in [5, 5.41) is 9.70. The van der Waals surface area contributed by atoms with E-state index in [0.29, 0.717) is 28.9 Å². The molecule has 0 atom stereocenters. The SMILES string of the molecule is Cc1nnc(C(=O)N2CCC(Oc3ccccc3Cl)CC2)s1. The molecule has 0 spiro atoms. The molecule has 0 saturated carbocycles. The topological polar surface area (TPSA) is 55.3 Å². The predicted octanol–water partition coefficient (Wildman–Crippen LogP) is 3.18. The van der Waals surface area contributed by atoms with Gasteiger partial charge in [-0.05, 0) is 19.1 Å². The molecule has 22 heavy (non-hydrogen) atoms. The van der Waals surface area contributed by atoms with Crippen LogP contribution in [0.3, 0.4) is 0 Å². The number of carbonyl (C=O) groups is 1. The van der Waals surface area contributed by atoms with E-state index in [1.54, 1.807) is 0 Å². The van der Waals surface area contributed by atoms with Gasteiger partial charge in [0.15, 0.2) is 0 Å². The summed E-state index contributed by atoms with van der Waals surface area (Å²) >= 11 is 7.43. The van der Waals surface area contributed by atoms with Gasteiger partial charge in [-0.25, -0.2) is 0 Å². The van der Waals surface area contributed by atoms with Crippen molar-refractivity contribution in [3.05, 3.63) is 39.3 Å². The summed E-state index contributed by atoms with van der Waals surface area (Å²) in [6.45, 7) is 3.16. The van der Waals surface area contributed by atoms with Crippen LogP contribution in [0.5, 0.6) is 5.75 Å². The quantitative estimate of drug-likeness (QED) is 0.863. The molecule has 1 fully saturated rings. The van der Waals surface area contributed by atoms with E-state index < -0.39 is 0 Å². The highest BCUT2D eigenvalue weighted by Gasteiger charge is 2.26. The van der Waals surface area contributed by atoms with Gasteiger partial charge in [0.05, 0.1) is 5.02 Å². The van der Waals surface area contributed by atoms with Crippen molar-refractivity contribution in [3.8, 4) is 5.75 Å². The Morgan fingerprint density at radius 1 is 1.32 bits per heavy atom. The first-order valence-corrected chi connectivity index (χ1v) is 8.33. The van der Waals surface area contributed by atoms with E-state index in [9.17, 15) is 4.79 Å². The van der Waals surface area contributed by atoms with E-state index in [4.69, 9.17) is 16.3 Å². The van der Waals surface area contributed by atoms with Crippen molar-refractivity contribution in [1.82, 2.24) is 15.1 Å². The summed E-state index contributed by atoms with van der Waals surface area (Å²) in [6, 6.07) is 7.45. The highest BCUT2D eigenvalue weighted by molar-refractivity contribution is 7.13. The van der Waals surface area contributed by atoms with Crippen molar-refractivity contribution in [3.63, 3.8) is 0 Å². The molecule has 1 saturated heterocycles. The van der Waals surface area contributed by atoms with E-state index in [2.05, 4.69) is 10.2 Å². The van der Waals surface area contributed by atoms with Crippen LogP contribution in [0.25, 0.3) is 0 Å². The minimum Gasteiger partial charge on any atom is -0.489 e. The zero-order valence-corrected chi connectivity index (χ0v) is 13.7. The first-order chi connectivity index (χ1) is 10.6. The summed E-state index contributed by atoms with van der Waals surface area (Å²) in [5.74, 6) is 0.662. The van der Waals surface area contributed by atoms with Crippen molar-refractivity contribution in [1.29, 1.82) is 0 Å². The van der Waals surface area contributed by atoms with E-state index in [1.165, 1.54) is 11.3 Å². The van der Waals surface area contributed by atoms with E-state index in [1.807, 2.05) is 36.1 Å². The zero-order valence-electron chi connectivity index (χ0n) is 12.2. The number of para-hydroxylation sites is 1. The van der Waals surface area contributed by atoms with Crippen LogP contribution in [-0.4, -0.2) is 40.2 Å². The molecule has 116 valence electrons. The van der Waals surface area contributed by atoms with Crippen molar-refractivity contribution < 1.29 is 9.53 Å². The average Bonchev–Trinajstić information content (AvgIpc) is 2.96. The Balaban J connectivity index is 1.56. The van der Waals surface area contributed by atoms with Gasteiger partial charge in [0.25, 0.3) is 5.91 Å². The van der Waals surface area contributed by atoms with Gasteiger partial charge in [-0.1, -0.05) is 35.1 Å². The summed E-state index contributed by atoms with van der Waals surface area (Å²) < 4.78 is 5.93. The fourth-order valence-electron chi connectivity index (χ4n) is 2.41. The first-order valence-electron chi connectivity index (χ1n) is 7.14. The Bertz CT molecular complexity index is 668. The molecule has 0 N–H and O–H groups in total. The standard InChI is InChI=1S/C15H16ClN3O2S/c1-10-17-18-14(22-10)15(20)19-8-6-11(7-9-19)21-13-5-3-2-4-12(13)16/h2-5,11H,6-9H2,1H3. The summed E-state index contributed by atoms with van der Waals surface area (Å²) in [5.41, 5.74) is 0. The normalized spacial score (nSPS) is 15.8. The molecule has 0 unspecified atom stereocenters. The predicted molar refractivity (Wildman–Crippen MR) is 85.7 cm³/mol. The number of hydrogen-bond acceptors (Lipinski definition) is 5. The van der Waals surface area contributed by atoms with Crippen molar-refractivity contribution in [2.24, 2.45) is 0 Å². The van der Waals surface area contributed by atoms with E-state index in [-0.39, 0.29) is 12.0 Å². The lowest BCUT2D eigenvalue weighted by atomic mass is 10.1. The minimum absolute atomic E-state index is 0.0400. The van der Waals surface area contributed by atoms with Crippen LogP contribution in [0.4, 0.5) is 0 Å². The van der Waals surface area contributed by atoms with Gasteiger partial charge < -0.3 is 9.64 Å². The molecule has 1 aliphatic rings. The number of benzene rings is 1. The number of aryl methyl sites for hydroxylation is 1. The average molecular weight is 338 g/mol. The maximum atomic E-state index is 12.3. The molecule has 2 aromatic rings. The van der Waals surface area contributed by atoms with Crippen LogP contribution in [0.1, 0.15) is 27.7 Å². The number of likely N-dealkylation sites (tertiary alicyclic amines) is 1. The number of carbonyl (C=O) groups excluding carboxylic acids is 1. The molecule has 0 bridgehead atoms. The van der Waals surface area contributed by atoms with Gasteiger partial charge in [0.1, 0.15) is 16.9 Å². The number of hydrogen-bond donors (Lipinski definition) is 0. The van der Waals surface area contributed by atoms with Gasteiger partial charge in [0, 0.05) is 25.9 Å². The van der Waals surface area contributed by atoms with Crippen LogP contribution >= 0.6 is 22.9 Å². The fourth-order valence-corrected chi connectivity index (χ4v) is 3.25. The molecule has 1 aromatic heterocycles. The Morgan fingerprint density at radius 3 is 2.68 bits per heavy atom. The third-order valence-electron chi connectivity index (χ3n) is 3.57. The van der Waals surface area contributed by atoms with E-state index in [0.717, 1.165) is 17.8 Å². The van der Waals surface area contributed by atoms with Gasteiger partial charge >= 0.3 is 0 Å². The van der Waals surface area contributed by atoms with Crippen LogP contribution in [0.15, 0.2) is 24.3 Å². The molecule has 1 aliphatic heterocycles. The number of piperidine rings is 1. The highest BCUT2D eigenvalue weighted by Crippen LogP contribution is 2.27. The Morgan fingerprint density at radius 2 is 2.05 bits per heavy atom. The van der Waals surface area contributed by atoms with Crippen molar-refractivity contribution in [2.45, 2.75) is 25.9 Å². The van der Waals surface area contributed by atoms with Crippen molar-refractivity contribution >= 4 is 28.8 Å². The number of rotatable bonds is 3. The molecule has 0 aliphatic carbocycles. The number of nitrogens with zero attached hydrogens (tertiary/aromatic N) is 3. The summed E-state index contributed by atoms with van der Waals surface area (Å²) in [4.78, 5) is 14.1. The van der Waals surface area contributed by atoms with Gasteiger partial charge in [-0.15, -0.1) is 10.2 Å². The fraction of sp³-hybridized carbons (Fsp3) is 0.400. The third-order valence-corrected chi connectivity index (χ3v) is 4.71. The first kappa shape index (κ1) is 15.2. The second-order valence-corrected chi connectivity index (χ2v) is 6.75. The molecule has 1 amide bonds. The van der Waals surface area contributed by atoms with Crippen LogP contribution in [0.2, 0.25) is 5.02 Å². The molecular weight excluding hydrogens is 322 g/mol. The molecule has 7 heteroatoms. The molecule has 1 aromatic carbocycles. The van der Waals surface area contributed by atoms with Crippen molar-refractivity contribution in [2.75, 3.05) is 13.1 Å². The van der Waals surface area contributed by atoms with Crippen LogP contribution < -0.4 is 4.74 Å². The number of aromatic nitrogens is 2. The maximum Gasteiger partial charge on any atom is 0.284 e. The lowest BCUT2D eigenvalue weighted by Crippen LogP contribution is -2.41. The highest BCUT2D eigenvalue weighted by atomic mass is 35.5. The number of halogens is 1. The molecular formula is C15H16ClN3O2S. The summed E-state index contributed by atoms with van der Waals surface area (Å²) in [6.07, 6.45) is 1.66. The minimum atomic E-state index is -0.0400. The van der Waals surface area contributed by atoms with Gasteiger partial charge in [0.2, 0.25) is 5.01 Å². The smallest absolute Gasteiger partial charge is 0.284 e. The van der Waals surface area contributed by atoms with Crippen LogP contribution in [-0.2, 0) is 0 Å². The molecule has 2 heterocycles. The number of ether oxygens (including phenoxy) is 1. The second kappa shape index (κ2) is 6.62. The molecule has 0 radical (unpaired) electrons. The largest absolute Gasteiger partial charge is 0.489 e. The van der Waals surface area contributed by atoms with Crippen LogP contribution in [0, 0.1) is 6.92 Å². The molecule has 3 rings (SSSR count). The lowest BCUT2D eigenvalue weighted by Gasteiger charge is -2.31. The summed E-state index contributed by atoms with van der Waals surface area (Å²) in [7, 11) is 0. The Labute approximate surface area is 137 Å². The maximum absolute atomic E-state index is 12.3. The third kappa shape index (κ3) is 3.39. The molecule has 5 nitrogen and oxygen atoms in total. The lowest BCUT2D eigenvalue weighted by molar-refractivity contribution is 0.0594. The van der Waals surface area contributed by atoms with E-state index >= 15 is 0 Å². The Hall–Kier alpha value is -1.66.